The van der Waals surface area contributed by atoms with Gasteiger partial charge in [0.15, 0.2) is 11.6 Å². The first-order valence-corrected chi connectivity index (χ1v) is 8.10. The van der Waals surface area contributed by atoms with Crippen LogP contribution in [0.25, 0.3) is 0 Å². The van der Waals surface area contributed by atoms with Crippen LogP contribution in [0.4, 0.5) is 14.5 Å². The third kappa shape index (κ3) is 3.66. The first-order chi connectivity index (χ1) is 10.3. The maximum atomic E-state index is 13.7. The zero-order valence-electron chi connectivity index (χ0n) is 11.4. The van der Waals surface area contributed by atoms with E-state index >= 15 is 0 Å². The fourth-order valence-electron chi connectivity index (χ4n) is 1.74. The molecule has 0 unspecified atom stereocenters. The van der Waals surface area contributed by atoms with E-state index in [2.05, 4.69) is 4.72 Å². The molecule has 0 spiro atoms. The number of ether oxygens (including phenoxy) is 1. The monoisotopic (exact) mass is 347 g/mol. The zero-order valence-corrected chi connectivity index (χ0v) is 13.0. The molecule has 0 radical (unpaired) electrons. The molecule has 2 rings (SSSR count). The Balaban J connectivity index is 2.31. The average molecular weight is 348 g/mol. The first kappa shape index (κ1) is 16.5. The molecule has 2 aromatic carbocycles. The van der Waals surface area contributed by atoms with Crippen LogP contribution < -0.4 is 9.46 Å². The lowest BCUT2D eigenvalue weighted by atomic mass is 10.3. The summed E-state index contributed by atoms with van der Waals surface area (Å²) in [6.07, 6.45) is 0. The van der Waals surface area contributed by atoms with Crippen LogP contribution in [0.3, 0.4) is 0 Å². The molecule has 2 aromatic rings. The zero-order chi connectivity index (χ0) is 16.3. The molecule has 22 heavy (non-hydrogen) atoms. The minimum atomic E-state index is -4.06. The Morgan fingerprint density at radius 2 is 1.91 bits per heavy atom. The molecular weight excluding hydrogens is 336 g/mol. The molecule has 0 aliphatic rings. The van der Waals surface area contributed by atoms with Crippen molar-refractivity contribution in [1.82, 2.24) is 0 Å². The Labute approximate surface area is 131 Å². The standard InChI is InChI=1S/C14H12ClF2NO3S/c1-2-21-13-5-4-10(8-12(13)17)18-22(19,20)14-6-3-9(16)7-11(14)15/h3-8,18H,2H2,1H3. The van der Waals surface area contributed by atoms with Gasteiger partial charge in [-0.05, 0) is 37.3 Å². The van der Waals surface area contributed by atoms with Gasteiger partial charge < -0.3 is 4.74 Å². The van der Waals surface area contributed by atoms with E-state index in [0.717, 1.165) is 24.3 Å². The number of rotatable bonds is 5. The van der Waals surface area contributed by atoms with Crippen molar-refractivity contribution in [3.05, 3.63) is 53.1 Å². The SMILES string of the molecule is CCOc1ccc(NS(=O)(=O)c2ccc(F)cc2Cl)cc1F. The summed E-state index contributed by atoms with van der Waals surface area (Å²) in [7, 11) is -4.06. The molecular formula is C14H12ClF2NO3S. The van der Waals surface area contributed by atoms with Gasteiger partial charge in [-0.3, -0.25) is 4.72 Å². The predicted octanol–water partition coefficient (Wildman–Crippen LogP) is 3.82. The van der Waals surface area contributed by atoms with E-state index in [0.29, 0.717) is 0 Å². The second kappa shape index (κ2) is 6.50. The molecule has 4 nitrogen and oxygen atoms in total. The van der Waals surface area contributed by atoms with Crippen LogP contribution in [0.15, 0.2) is 41.3 Å². The summed E-state index contributed by atoms with van der Waals surface area (Å²) in [6, 6.07) is 6.53. The summed E-state index contributed by atoms with van der Waals surface area (Å²) in [5.74, 6) is -1.34. The molecule has 8 heteroatoms. The van der Waals surface area contributed by atoms with Crippen molar-refractivity contribution in [3.63, 3.8) is 0 Å². The number of sulfonamides is 1. The number of anilines is 1. The molecule has 0 saturated heterocycles. The van der Waals surface area contributed by atoms with Crippen LogP contribution >= 0.6 is 11.6 Å². The molecule has 0 bridgehead atoms. The fourth-order valence-corrected chi connectivity index (χ4v) is 3.32. The van der Waals surface area contributed by atoms with E-state index in [1.165, 1.54) is 12.1 Å². The van der Waals surface area contributed by atoms with E-state index in [9.17, 15) is 17.2 Å². The molecule has 0 aliphatic heterocycles. The van der Waals surface area contributed by atoms with Gasteiger partial charge in [0.25, 0.3) is 10.0 Å². The summed E-state index contributed by atoms with van der Waals surface area (Å²) in [4.78, 5) is -0.301. The first-order valence-electron chi connectivity index (χ1n) is 6.23. The fraction of sp³-hybridized carbons (Fsp3) is 0.143. The van der Waals surface area contributed by atoms with Crippen molar-refractivity contribution in [2.45, 2.75) is 11.8 Å². The molecule has 0 amide bonds. The Kier molecular flexibility index (Phi) is 4.87. The van der Waals surface area contributed by atoms with E-state index < -0.39 is 21.7 Å². The van der Waals surface area contributed by atoms with Gasteiger partial charge in [-0.1, -0.05) is 11.6 Å². The van der Waals surface area contributed by atoms with Crippen molar-refractivity contribution >= 4 is 27.3 Å². The summed E-state index contributed by atoms with van der Waals surface area (Å²) >= 11 is 5.72. The van der Waals surface area contributed by atoms with Crippen LogP contribution in [0, 0.1) is 11.6 Å². The highest BCUT2D eigenvalue weighted by atomic mass is 35.5. The van der Waals surface area contributed by atoms with Gasteiger partial charge in [0.2, 0.25) is 0 Å². The number of hydrogen-bond acceptors (Lipinski definition) is 3. The predicted molar refractivity (Wildman–Crippen MR) is 79.8 cm³/mol. The second-order valence-corrected chi connectivity index (χ2v) is 6.32. The van der Waals surface area contributed by atoms with Crippen molar-refractivity contribution in [2.24, 2.45) is 0 Å². The van der Waals surface area contributed by atoms with Crippen LogP contribution in [0.2, 0.25) is 5.02 Å². The highest BCUT2D eigenvalue weighted by Crippen LogP contribution is 2.26. The Morgan fingerprint density at radius 3 is 2.50 bits per heavy atom. The largest absolute Gasteiger partial charge is 0.491 e. The molecule has 0 saturated carbocycles. The third-order valence-electron chi connectivity index (χ3n) is 2.67. The number of hydrogen-bond donors (Lipinski definition) is 1. The van der Waals surface area contributed by atoms with E-state index in [1.54, 1.807) is 6.92 Å². The molecule has 1 N–H and O–H groups in total. The molecule has 0 aliphatic carbocycles. The van der Waals surface area contributed by atoms with Gasteiger partial charge in [-0.15, -0.1) is 0 Å². The average Bonchev–Trinajstić information content (AvgIpc) is 2.41. The number of benzene rings is 2. The van der Waals surface area contributed by atoms with Gasteiger partial charge in [0, 0.05) is 6.07 Å². The lowest BCUT2D eigenvalue weighted by Gasteiger charge is -2.11. The number of nitrogens with one attached hydrogen (secondary N) is 1. The minimum absolute atomic E-state index is 0.00125. The minimum Gasteiger partial charge on any atom is -0.491 e. The van der Waals surface area contributed by atoms with Crippen LogP contribution in [-0.4, -0.2) is 15.0 Å². The summed E-state index contributed by atoms with van der Waals surface area (Å²) in [5, 5.41) is -0.265. The van der Waals surface area contributed by atoms with Crippen molar-refractivity contribution in [3.8, 4) is 5.75 Å². The van der Waals surface area contributed by atoms with Gasteiger partial charge in [-0.2, -0.15) is 0 Å². The van der Waals surface area contributed by atoms with Crippen LogP contribution in [-0.2, 0) is 10.0 Å². The van der Waals surface area contributed by atoms with Gasteiger partial charge in [-0.25, -0.2) is 17.2 Å². The quantitative estimate of drug-likeness (QED) is 0.894. The summed E-state index contributed by atoms with van der Waals surface area (Å²) in [6.45, 7) is 1.99. The van der Waals surface area contributed by atoms with Gasteiger partial charge >= 0.3 is 0 Å². The molecule has 118 valence electrons. The highest BCUT2D eigenvalue weighted by Gasteiger charge is 2.19. The Morgan fingerprint density at radius 1 is 1.18 bits per heavy atom. The smallest absolute Gasteiger partial charge is 0.263 e. The summed E-state index contributed by atoms with van der Waals surface area (Å²) < 4.78 is 58.2. The normalized spacial score (nSPS) is 11.3. The second-order valence-electron chi connectivity index (χ2n) is 4.26. The van der Waals surface area contributed by atoms with E-state index in [-0.39, 0.29) is 28.0 Å². The lowest BCUT2D eigenvalue weighted by Crippen LogP contribution is -2.13. The van der Waals surface area contributed by atoms with Crippen LogP contribution in [0.1, 0.15) is 6.92 Å². The Bertz CT molecular complexity index is 797. The number of halogens is 3. The molecule has 0 aromatic heterocycles. The maximum absolute atomic E-state index is 13.7. The van der Waals surface area contributed by atoms with Gasteiger partial charge in [0.1, 0.15) is 10.7 Å². The highest BCUT2D eigenvalue weighted by molar-refractivity contribution is 7.92. The summed E-state index contributed by atoms with van der Waals surface area (Å²) in [5.41, 5.74) is 0.00125. The third-order valence-corrected chi connectivity index (χ3v) is 4.53. The van der Waals surface area contributed by atoms with Gasteiger partial charge in [0.05, 0.1) is 17.3 Å². The van der Waals surface area contributed by atoms with Crippen molar-refractivity contribution < 1.29 is 21.9 Å². The molecule has 0 heterocycles. The van der Waals surface area contributed by atoms with Crippen molar-refractivity contribution in [2.75, 3.05) is 11.3 Å². The molecule has 0 fully saturated rings. The maximum Gasteiger partial charge on any atom is 0.263 e. The van der Waals surface area contributed by atoms with E-state index in [1.807, 2.05) is 0 Å². The van der Waals surface area contributed by atoms with Crippen molar-refractivity contribution in [1.29, 1.82) is 0 Å². The van der Waals surface area contributed by atoms with Crippen LogP contribution in [0.5, 0.6) is 5.75 Å². The Hall–Kier alpha value is -1.86. The lowest BCUT2D eigenvalue weighted by molar-refractivity contribution is 0.321. The molecule has 0 atom stereocenters. The topological polar surface area (TPSA) is 55.4 Å². The van der Waals surface area contributed by atoms with E-state index in [4.69, 9.17) is 16.3 Å².